The predicted octanol–water partition coefficient (Wildman–Crippen LogP) is 3.03. The van der Waals surface area contributed by atoms with Crippen LogP contribution in [-0.4, -0.2) is 22.0 Å². The first kappa shape index (κ1) is 17.6. The minimum Gasteiger partial charge on any atom is -0.392 e. The Bertz CT molecular complexity index is 729. The summed E-state index contributed by atoms with van der Waals surface area (Å²) in [6.07, 6.45) is 0. The molecule has 0 atom stereocenters. The normalized spacial score (nSPS) is 10.2. The second-order valence-corrected chi connectivity index (χ2v) is 5.80. The number of rotatable bonds is 4. The lowest BCUT2D eigenvalue weighted by atomic mass is 10.2. The van der Waals surface area contributed by atoms with Gasteiger partial charge in [0.05, 0.1) is 11.5 Å². The fourth-order valence-corrected chi connectivity index (χ4v) is 2.85. The monoisotopic (exact) mass is 371 g/mol. The number of imide groups is 1. The van der Waals surface area contributed by atoms with Crippen molar-refractivity contribution >= 4 is 47.1 Å². The molecule has 0 saturated carbocycles. The fraction of sp³-hybridized carbons (Fsp3) is 0.0714. The molecule has 0 fully saturated rings. The second-order valence-electron chi connectivity index (χ2n) is 4.24. The lowest BCUT2D eigenvalue weighted by molar-refractivity contribution is 0.0965. The Morgan fingerprint density at radius 3 is 2.57 bits per heavy atom. The van der Waals surface area contributed by atoms with Crippen molar-refractivity contribution in [3.05, 3.63) is 57.8 Å². The highest BCUT2D eigenvalue weighted by molar-refractivity contribution is 7.98. The Labute approximate surface area is 146 Å². The second kappa shape index (κ2) is 8.16. The molecule has 1 aromatic carbocycles. The number of amides is 3. The fourth-order valence-electron chi connectivity index (χ4n) is 1.63. The molecule has 0 aliphatic carbocycles. The largest absolute Gasteiger partial charge is 0.392 e. The summed E-state index contributed by atoms with van der Waals surface area (Å²) in [5.41, 5.74) is 0.768. The summed E-state index contributed by atoms with van der Waals surface area (Å²) < 4.78 is 2.40. The number of hydrogen-bond acceptors (Lipinski definition) is 5. The van der Waals surface area contributed by atoms with Crippen LogP contribution in [0.15, 0.2) is 41.3 Å². The van der Waals surface area contributed by atoms with E-state index in [-0.39, 0.29) is 16.9 Å². The molecule has 0 aliphatic heterocycles. The molecule has 0 saturated heterocycles. The van der Waals surface area contributed by atoms with Crippen molar-refractivity contribution in [2.75, 3.05) is 0 Å². The molecule has 0 radical (unpaired) electrons. The van der Waals surface area contributed by atoms with E-state index in [0.29, 0.717) is 16.0 Å². The summed E-state index contributed by atoms with van der Waals surface area (Å²) in [5.74, 6) is -0.536. The molecule has 23 heavy (non-hydrogen) atoms. The maximum absolute atomic E-state index is 11.8. The third-order valence-corrected chi connectivity index (χ3v) is 4.18. The van der Waals surface area contributed by atoms with Crippen molar-refractivity contribution in [1.82, 2.24) is 15.0 Å². The molecule has 0 aliphatic rings. The number of benzene rings is 1. The first-order valence-electron chi connectivity index (χ1n) is 6.30. The van der Waals surface area contributed by atoms with Crippen molar-refractivity contribution in [2.24, 2.45) is 0 Å². The van der Waals surface area contributed by atoms with Crippen LogP contribution in [0.25, 0.3) is 0 Å². The van der Waals surface area contributed by atoms with Crippen LogP contribution in [0.5, 0.6) is 0 Å². The number of halogens is 2. The molecule has 3 N–H and O–H groups in total. The van der Waals surface area contributed by atoms with Crippen LogP contribution >= 0.6 is 35.1 Å². The maximum Gasteiger partial charge on any atom is 0.331 e. The van der Waals surface area contributed by atoms with Gasteiger partial charge in [-0.25, -0.2) is 9.78 Å². The molecule has 120 valence electrons. The van der Waals surface area contributed by atoms with Gasteiger partial charge in [-0.05, 0) is 35.7 Å². The molecule has 1 heterocycles. The Balaban J connectivity index is 1.99. The standard InChI is InChI=1S/C14H11Cl2N3O3S/c15-10-6-9(7-20)11(12(16)17-10)23-19-14(22)18-13(21)8-4-2-1-3-5-8/h1-6,20H,7H2,(H2,18,19,21,22). The minimum absolute atomic E-state index is 0.0428. The maximum atomic E-state index is 11.8. The number of aliphatic hydroxyl groups is 1. The van der Waals surface area contributed by atoms with Crippen LogP contribution in [0.1, 0.15) is 15.9 Å². The van der Waals surface area contributed by atoms with Gasteiger partial charge < -0.3 is 5.11 Å². The molecule has 0 unspecified atom stereocenters. The van der Waals surface area contributed by atoms with E-state index >= 15 is 0 Å². The summed E-state index contributed by atoms with van der Waals surface area (Å²) in [4.78, 5) is 27.8. The van der Waals surface area contributed by atoms with E-state index in [9.17, 15) is 14.7 Å². The average molecular weight is 372 g/mol. The number of nitrogens with one attached hydrogen (secondary N) is 2. The van der Waals surface area contributed by atoms with Gasteiger partial charge in [0.2, 0.25) is 0 Å². The van der Waals surface area contributed by atoms with Gasteiger partial charge in [-0.1, -0.05) is 41.4 Å². The first-order valence-corrected chi connectivity index (χ1v) is 7.87. The van der Waals surface area contributed by atoms with E-state index in [2.05, 4.69) is 15.0 Å². The van der Waals surface area contributed by atoms with Crippen LogP contribution in [0.2, 0.25) is 10.3 Å². The Morgan fingerprint density at radius 2 is 1.91 bits per heavy atom. The van der Waals surface area contributed by atoms with Gasteiger partial charge in [0.15, 0.2) is 0 Å². The van der Waals surface area contributed by atoms with E-state index in [1.54, 1.807) is 30.3 Å². The van der Waals surface area contributed by atoms with E-state index in [1.165, 1.54) is 6.07 Å². The molecule has 1 aromatic heterocycles. The smallest absolute Gasteiger partial charge is 0.331 e. The number of aliphatic hydroxyl groups excluding tert-OH is 1. The van der Waals surface area contributed by atoms with Crippen LogP contribution in [0.3, 0.4) is 0 Å². The molecule has 9 heteroatoms. The van der Waals surface area contributed by atoms with Crippen molar-refractivity contribution in [1.29, 1.82) is 0 Å². The van der Waals surface area contributed by atoms with Crippen molar-refractivity contribution in [3.63, 3.8) is 0 Å². The molecule has 3 amide bonds. The molecule has 2 aromatic rings. The minimum atomic E-state index is -0.723. The topological polar surface area (TPSA) is 91.3 Å². The SMILES string of the molecule is O=C(NSc1c(CO)cc(Cl)nc1Cl)NC(=O)c1ccccc1. The molecule has 0 bridgehead atoms. The van der Waals surface area contributed by atoms with Gasteiger partial charge >= 0.3 is 6.03 Å². The van der Waals surface area contributed by atoms with Gasteiger partial charge in [-0.3, -0.25) is 14.8 Å². The summed E-state index contributed by atoms with van der Waals surface area (Å²) >= 11 is 12.5. The van der Waals surface area contributed by atoms with Gasteiger partial charge in [0.25, 0.3) is 5.91 Å². The van der Waals surface area contributed by atoms with E-state index < -0.39 is 11.9 Å². The summed E-state index contributed by atoms with van der Waals surface area (Å²) in [6, 6.07) is 9.02. The number of carbonyl (C=O) groups is 2. The van der Waals surface area contributed by atoms with Crippen molar-refractivity contribution < 1.29 is 14.7 Å². The van der Waals surface area contributed by atoms with Gasteiger partial charge in [0, 0.05) is 5.56 Å². The quantitative estimate of drug-likeness (QED) is 0.567. The van der Waals surface area contributed by atoms with Gasteiger partial charge in [-0.15, -0.1) is 0 Å². The highest BCUT2D eigenvalue weighted by atomic mass is 35.5. The van der Waals surface area contributed by atoms with Crippen LogP contribution < -0.4 is 10.0 Å². The van der Waals surface area contributed by atoms with Crippen molar-refractivity contribution in [3.8, 4) is 0 Å². The highest BCUT2D eigenvalue weighted by Crippen LogP contribution is 2.29. The zero-order chi connectivity index (χ0) is 16.8. The molecule has 0 spiro atoms. The summed E-state index contributed by atoms with van der Waals surface area (Å²) in [5, 5.41) is 11.6. The lowest BCUT2D eigenvalue weighted by Crippen LogP contribution is -2.36. The number of nitrogens with zero attached hydrogens (tertiary/aromatic N) is 1. The molecule has 6 nitrogen and oxygen atoms in total. The number of urea groups is 1. The summed E-state index contributed by atoms with van der Waals surface area (Å²) in [7, 11) is 0. The lowest BCUT2D eigenvalue weighted by Gasteiger charge is -2.10. The molecule has 2 rings (SSSR count). The molecular weight excluding hydrogens is 361 g/mol. The van der Waals surface area contributed by atoms with E-state index in [4.69, 9.17) is 23.2 Å². The zero-order valence-electron chi connectivity index (χ0n) is 11.5. The van der Waals surface area contributed by atoms with Crippen molar-refractivity contribution in [2.45, 2.75) is 11.5 Å². The highest BCUT2D eigenvalue weighted by Gasteiger charge is 2.14. The Kier molecular flexibility index (Phi) is 6.23. The number of pyridine rings is 1. The average Bonchev–Trinajstić information content (AvgIpc) is 2.54. The third kappa shape index (κ3) is 4.84. The molecular formula is C14H11Cl2N3O3S. The van der Waals surface area contributed by atoms with Crippen LogP contribution in [0, 0.1) is 0 Å². The van der Waals surface area contributed by atoms with Crippen LogP contribution in [-0.2, 0) is 6.61 Å². The number of carbonyl (C=O) groups excluding carboxylic acids is 2. The van der Waals surface area contributed by atoms with Gasteiger partial charge in [-0.2, -0.15) is 0 Å². The van der Waals surface area contributed by atoms with E-state index in [0.717, 1.165) is 11.9 Å². The Hall–Kier alpha value is -1.80. The summed E-state index contributed by atoms with van der Waals surface area (Å²) in [6.45, 7) is -0.323. The Morgan fingerprint density at radius 1 is 1.22 bits per heavy atom. The third-order valence-electron chi connectivity index (χ3n) is 2.66. The van der Waals surface area contributed by atoms with Crippen LogP contribution in [0.4, 0.5) is 4.79 Å². The van der Waals surface area contributed by atoms with E-state index in [1.807, 2.05) is 0 Å². The zero-order valence-corrected chi connectivity index (χ0v) is 13.9. The first-order chi connectivity index (χ1) is 11.0. The number of hydrogen-bond donors (Lipinski definition) is 3. The van der Waals surface area contributed by atoms with Gasteiger partial charge in [0.1, 0.15) is 10.3 Å². The number of aromatic nitrogens is 1. The predicted molar refractivity (Wildman–Crippen MR) is 88.5 cm³/mol.